The number of hydrogen-bond donors (Lipinski definition) is 1. The highest BCUT2D eigenvalue weighted by Gasteiger charge is 2.29. The second kappa shape index (κ2) is 10.7. The van der Waals surface area contributed by atoms with Crippen molar-refractivity contribution < 1.29 is 22.3 Å². The first-order valence-electron chi connectivity index (χ1n) is 10.9. The molecule has 0 aliphatic heterocycles. The van der Waals surface area contributed by atoms with Crippen LogP contribution in [0, 0.1) is 5.82 Å². The number of halogens is 1. The molecule has 0 fully saturated rings. The molecule has 0 atom stereocenters. The van der Waals surface area contributed by atoms with E-state index >= 15 is 0 Å². The fraction of sp³-hybridized carbons (Fsp3) is 0.269. The van der Waals surface area contributed by atoms with E-state index in [2.05, 4.69) is 26.1 Å². The number of anilines is 1. The third-order valence-corrected chi connectivity index (χ3v) is 6.89. The zero-order chi connectivity index (χ0) is 24.8. The van der Waals surface area contributed by atoms with E-state index in [0.717, 1.165) is 21.7 Å². The molecule has 0 spiro atoms. The van der Waals surface area contributed by atoms with E-state index in [1.165, 1.54) is 30.3 Å². The number of rotatable bonds is 9. The quantitative estimate of drug-likeness (QED) is 0.454. The van der Waals surface area contributed by atoms with Crippen LogP contribution in [0.2, 0.25) is 0 Å². The normalized spacial score (nSPS) is 11.6. The second-order valence-corrected chi connectivity index (χ2v) is 10.6. The van der Waals surface area contributed by atoms with Crippen molar-refractivity contribution in [2.75, 3.05) is 24.0 Å². The molecule has 1 amide bonds. The van der Waals surface area contributed by atoms with Crippen LogP contribution in [-0.4, -0.2) is 34.0 Å². The third-order valence-electron chi connectivity index (χ3n) is 5.12. The summed E-state index contributed by atoms with van der Waals surface area (Å²) in [5.74, 6) is -0.587. The first-order chi connectivity index (χ1) is 16.1. The Labute approximate surface area is 200 Å². The van der Waals surface area contributed by atoms with Crippen LogP contribution in [0.3, 0.4) is 0 Å². The van der Waals surface area contributed by atoms with Crippen LogP contribution in [0.25, 0.3) is 0 Å². The summed E-state index contributed by atoms with van der Waals surface area (Å²) in [5, 5.41) is 2.66. The lowest BCUT2D eigenvalue weighted by Gasteiger charge is -2.24. The van der Waals surface area contributed by atoms with Crippen molar-refractivity contribution in [3.63, 3.8) is 0 Å². The minimum absolute atomic E-state index is 0.0341. The Kier molecular flexibility index (Phi) is 7.94. The van der Waals surface area contributed by atoms with Crippen molar-refractivity contribution in [1.82, 2.24) is 5.32 Å². The molecule has 1 N–H and O–H groups in total. The number of sulfonamides is 1. The number of amides is 1. The number of carbonyl (C=O) groups is 1. The molecule has 0 unspecified atom stereocenters. The lowest BCUT2D eigenvalue weighted by Crippen LogP contribution is -2.42. The highest BCUT2D eigenvalue weighted by molar-refractivity contribution is 7.92. The molecule has 3 rings (SSSR count). The van der Waals surface area contributed by atoms with Gasteiger partial charge in [-0.3, -0.25) is 9.10 Å². The van der Waals surface area contributed by atoms with E-state index in [9.17, 15) is 17.6 Å². The van der Waals surface area contributed by atoms with Gasteiger partial charge in [-0.2, -0.15) is 0 Å². The third kappa shape index (κ3) is 6.14. The minimum Gasteiger partial charge on any atom is -0.491 e. The number of nitrogens with zero attached hydrogens (tertiary/aromatic N) is 1. The summed E-state index contributed by atoms with van der Waals surface area (Å²) >= 11 is 0. The molecular formula is C26H29FN2O4S. The zero-order valence-corrected chi connectivity index (χ0v) is 20.3. The fourth-order valence-electron chi connectivity index (χ4n) is 3.42. The predicted molar refractivity (Wildman–Crippen MR) is 131 cm³/mol. The summed E-state index contributed by atoms with van der Waals surface area (Å²) < 4.78 is 47.6. The topological polar surface area (TPSA) is 75.7 Å². The lowest BCUT2D eigenvalue weighted by atomic mass is 9.86. The highest BCUT2D eigenvalue weighted by Crippen LogP contribution is 2.31. The van der Waals surface area contributed by atoms with Crippen LogP contribution in [0.4, 0.5) is 10.1 Å². The maximum absolute atomic E-state index is 14.5. The molecule has 0 saturated heterocycles. The molecule has 0 heterocycles. The maximum Gasteiger partial charge on any atom is 0.264 e. The molecule has 3 aromatic rings. The summed E-state index contributed by atoms with van der Waals surface area (Å²) in [6, 6.07) is 20.8. The summed E-state index contributed by atoms with van der Waals surface area (Å²) in [6.07, 6.45) is 0. The number of para-hydroxylation sites is 2. The van der Waals surface area contributed by atoms with E-state index in [1.807, 2.05) is 24.3 Å². The molecule has 8 heteroatoms. The zero-order valence-electron chi connectivity index (χ0n) is 19.5. The monoisotopic (exact) mass is 484 g/mol. The van der Waals surface area contributed by atoms with Gasteiger partial charge >= 0.3 is 0 Å². The summed E-state index contributed by atoms with van der Waals surface area (Å²) in [4.78, 5) is 12.6. The Morgan fingerprint density at radius 1 is 0.941 bits per heavy atom. The second-order valence-electron chi connectivity index (χ2n) is 8.72. The number of hydrogen-bond acceptors (Lipinski definition) is 4. The average Bonchev–Trinajstić information content (AvgIpc) is 2.81. The van der Waals surface area contributed by atoms with Gasteiger partial charge in [-0.15, -0.1) is 0 Å². The summed E-state index contributed by atoms with van der Waals surface area (Å²) in [6.45, 7) is 6.04. The van der Waals surface area contributed by atoms with Crippen LogP contribution >= 0.6 is 0 Å². The Balaban J connectivity index is 1.70. The lowest BCUT2D eigenvalue weighted by molar-refractivity contribution is -0.119. The molecule has 0 aliphatic rings. The first-order valence-corrected chi connectivity index (χ1v) is 12.4. The molecule has 6 nitrogen and oxygen atoms in total. The first kappa shape index (κ1) is 25.2. The van der Waals surface area contributed by atoms with E-state index in [1.54, 1.807) is 18.2 Å². The van der Waals surface area contributed by atoms with E-state index in [0.29, 0.717) is 0 Å². The van der Waals surface area contributed by atoms with Crippen molar-refractivity contribution in [2.24, 2.45) is 0 Å². The molecule has 3 aromatic carbocycles. The van der Waals surface area contributed by atoms with Crippen LogP contribution < -0.4 is 14.4 Å². The summed E-state index contributed by atoms with van der Waals surface area (Å²) in [7, 11) is -4.17. The fourth-order valence-corrected chi connectivity index (χ4v) is 4.87. The minimum atomic E-state index is -4.17. The smallest absolute Gasteiger partial charge is 0.264 e. The average molecular weight is 485 g/mol. The van der Waals surface area contributed by atoms with Gasteiger partial charge in [0.2, 0.25) is 5.91 Å². The Hall–Kier alpha value is -3.39. The summed E-state index contributed by atoms with van der Waals surface area (Å²) in [5.41, 5.74) is 0.740. The standard InChI is InChI=1S/C26H29FN2O4S/c1-26(2,3)21-13-7-10-16-24(21)33-18-17-28-25(30)19-29(23-15-9-8-14-22(23)27)34(31,32)20-11-5-4-6-12-20/h4-16H,17-19H2,1-3H3,(H,28,30). The van der Waals surface area contributed by atoms with Gasteiger partial charge in [-0.05, 0) is 41.3 Å². The number of nitrogens with one attached hydrogen (secondary N) is 1. The number of benzene rings is 3. The molecule has 34 heavy (non-hydrogen) atoms. The SMILES string of the molecule is CC(C)(C)c1ccccc1OCCNC(=O)CN(c1ccccc1F)S(=O)(=O)c1ccccc1. The van der Waals surface area contributed by atoms with Crippen LogP contribution in [0.15, 0.2) is 83.8 Å². The number of carbonyl (C=O) groups excluding carboxylic acids is 1. The van der Waals surface area contributed by atoms with Crippen molar-refractivity contribution in [1.29, 1.82) is 0 Å². The van der Waals surface area contributed by atoms with Gasteiger partial charge in [0.05, 0.1) is 17.1 Å². The van der Waals surface area contributed by atoms with Crippen LogP contribution in [0.1, 0.15) is 26.3 Å². The van der Waals surface area contributed by atoms with Crippen molar-refractivity contribution in [2.45, 2.75) is 31.1 Å². The van der Waals surface area contributed by atoms with E-state index < -0.39 is 28.3 Å². The Morgan fingerprint density at radius 2 is 1.56 bits per heavy atom. The largest absolute Gasteiger partial charge is 0.491 e. The molecule has 0 aliphatic carbocycles. The van der Waals surface area contributed by atoms with Crippen molar-refractivity contribution in [3.8, 4) is 5.75 Å². The van der Waals surface area contributed by atoms with Crippen molar-refractivity contribution >= 4 is 21.6 Å². The molecule has 180 valence electrons. The van der Waals surface area contributed by atoms with Gasteiger partial charge in [0, 0.05) is 0 Å². The van der Waals surface area contributed by atoms with Crippen LogP contribution in [0.5, 0.6) is 5.75 Å². The maximum atomic E-state index is 14.5. The Bertz CT molecular complexity index is 1220. The van der Waals surface area contributed by atoms with Gasteiger partial charge in [0.1, 0.15) is 24.7 Å². The van der Waals surface area contributed by atoms with Crippen molar-refractivity contribution in [3.05, 3.63) is 90.2 Å². The molecular weight excluding hydrogens is 455 g/mol. The van der Waals surface area contributed by atoms with Gasteiger partial charge in [-0.25, -0.2) is 12.8 Å². The molecule has 0 aromatic heterocycles. The molecule has 0 saturated carbocycles. The molecule has 0 bridgehead atoms. The van der Waals surface area contributed by atoms with Gasteiger partial charge in [-0.1, -0.05) is 69.3 Å². The van der Waals surface area contributed by atoms with E-state index in [-0.39, 0.29) is 29.1 Å². The van der Waals surface area contributed by atoms with Crippen LogP contribution in [-0.2, 0) is 20.2 Å². The highest BCUT2D eigenvalue weighted by atomic mass is 32.2. The van der Waals surface area contributed by atoms with Gasteiger partial charge in [0.15, 0.2) is 0 Å². The predicted octanol–water partition coefficient (Wildman–Crippen LogP) is 4.51. The van der Waals surface area contributed by atoms with E-state index in [4.69, 9.17) is 4.74 Å². The Morgan fingerprint density at radius 3 is 2.24 bits per heavy atom. The van der Waals surface area contributed by atoms with Gasteiger partial charge in [0.25, 0.3) is 10.0 Å². The van der Waals surface area contributed by atoms with Gasteiger partial charge < -0.3 is 10.1 Å². The number of ether oxygens (including phenoxy) is 1. The molecule has 0 radical (unpaired) electrons.